The van der Waals surface area contributed by atoms with E-state index in [1.54, 1.807) is 6.07 Å². The van der Waals surface area contributed by atoms with Crippen molar-refractivity contribution in [3.8, 4) is 0 Å². The van der Waals surface area contributed by atoms with Crippen molar-refractivity contribution in [2.24, 2.45) is 0 Å². The molecule has 3 rings (SSSR count). The van der Waals surface area contributed by atoms with Crippen molar-refractivity contribution in [1.82, 2.24) is 0 Å². The van der Waals surface area contributed by atoms with Gasteiger partial charge in [-0.3, -0.25) is 4.79 Å². The molecule has 0 radical (unpaired) electrons. The highest BCUT2D eigenvalue weighted by molar-refractivity contribution is 9.10. The topological polar surface area (TPSA) is 20.3 Å². The van der Waals surface area contributed by atoms with Gasteiger partial charge in [0, 0.05) is 30.6 Å². The Balaban J connectivity index is 2.01. The lowest BCUT2D eigenvalue weighted by Gasteiger charge is -2.37. The second-order valence-electron chi connectivity index (χ2n) is 5.29. The lowest BCUT2D eigenvalue weighted by molar-refractivity contribution is -0.120. The molecule has 96 valence electrons. The summed E-state index contributed by atoms with van der Waals surface area (Å²) < 4.78 is 14.2. The molecule has 2 saturated heterocycles. The molecule has 0 aromatic heterocycles. The minimum absolute atomic E-state index is 0.230. The van der Waals surface area contributed by atoms with Crippen LogP contribution in [-0.2, 0) is 4.79 Å². The third-order valence-electron chi connectivity index (χ3n) is 4.06. The maximum absolute atomic E-state index is 13.7. The number of nitrogens with zero attached hydrogens (tertiary/aromatic N) is 1. The predicted octanol–water partition coefficient (Wildman–Crippen LogP) is 3.60. The SMILES string of the molecule is Cc1cc(Br)c(F)cc1N1C2CCC1CC(=O)C2. The van der Waals surface area contributed by atoms with E-state index in [2.05, 4.69) is 20.8 Å². The van der Waals surface area contributed by atoms with Crippen molar-refractivity contribution in [2.45, 2.75) is 44.7 Å². The molecule has 0 spiro atoms. The second-order valence-corrected chi connectivity index (χ2v) is 6.15. The first-order valence-corrected chi connectivity index (χ1v) is 7.11. The number of rotatable bonds is 1. The number of hydrogen-bond donors (Lipinski definition) is 0. The van der Waals surface area contributed by atoms with Crippen LogP contribution in [0.3, 0.4) is 0 Å². The summed E-state index contributed by atoms with van der Waals surface area (Å²) in [6, 6.07) is 3.96. The van der Waals surface area contributed by atoms with Crippen LogP contribution >= 0.6 is 15.9 Å². The Morgan fingerprint density at radius 2 is 1.89 bits per heavy atom. The summed E-state index contributed by atoms with van der Waals surface area (Å²) in [6.07, 6.45) is 3.34. The van der Waals surface area contributed by atoms with Crippen LogP contribution < -0.4 is 4.90 Å². The van der Waals surface area contributed by atoms with E-state index in [9.17, 15) is 9.18 Å². The molecule has 2 unspecified atom stereocenters. The molecule has 0 aliphatic carbocycles. The summed E-state index contributed by atoms with van der Waals surface area (Å²) in [6.45, 7) is 2.00. The zero-order valence-corrected chi connectivity index (χ0v) is 11.8. The highest BCUT2D eigenvalue weighted by atomic mass is 79.9. The molecule has 2 fully saturated rings. The van der Waals surface area contributed by atoms with Crippen LogP contribution in [0.2, 0.25) is 0 Å². The summed E-state index contributed by atoms with van der Waals surface area (Å²) >= 11 is 3.21. The molecule has 2 aliphatic rings. The molecule has 0 saturated carbocycles. The van der Waals surface area contributed by atoms with Crippen LogP contribution in [0.5, 0.6) is 0 Å². The van der Waals surface area contributed by atoms with Gasteiger partial charge in [0.25, 0.3) is 0 Å². The third-order valence-corrected chi connectivity index (χ3v) is 4.67. The largest absolute Gasteiger partial charge is 0.364 e. The number of Topliss-reactive ketones (excluding diaryl/α,β-unsaturated/α-hetero) is 1. The number of halogens is 2. The fourth-order valence-corrected chi connectivity index (χ4v) is 3.74. The molecule has 2 heterocycles. The molecule has 0 N–H and O–H groups in total. The zero-order chi connectivity index (χ0) is 12.9. The number of benzene rings is 1. The molecule has 1 aromatic rings. The number of ketones is 1. The predicted molar refractivity (Wildman–Crippen MR) is 72.4 cm³/mol. The van der Waals surface area contributed by atoms with Gasteiger partial charge in [-0.25, -0.2) is 4.39 Å². The Hall–Kier alpha value is -0.900. The van der Waals surface area contributed by atoms with Gasteiger partial charge in [0.2, 0.25) is 0 Å². The van der Waals surface area contributed by atoms with Crippen molar-refractivity contribution in [1.29, 1.82) is 0 Å². The van der Waals surface area contributed by atoms with Crippen LogP contribution in [0.25, 0.3) is 0 Å². The summed E-state index contributed by atoms with van der Waals surface area (Å²) in [5.74, 6) is 0.126. The average molecular weight is 312 g/mol. The maximum Gasteiger partial charge on any atom is 0.139 e. The molecule has 2 atom stereocenters. The lowest BCUT2D eigenvalue weighted by atomic mass is 9.99. The fourth-order valence-electron chi connectivity index (χ4n) is 3.28. The lowest BCUT2D eigenvalue weighted by Crippen LogP contribution is -2.43. The number of aryl methyl sites for hydroxylation is 1. The number of hydrogen-bond acceptors (Lipinski definition) is 2. The van der Waals surface area contributed by atoms with Crippen LogP contribution in [0.15, 0.2) is 16.6 Å². The van der Waals surface area contributed by atoms with Gasteiger partial charge in [-0.05, 0) is 53.4 Å². The van der Waals surface area contributed by atoms with E-state index >= 15 is 0 Å². The molecule has 2 bridgehead atoms. The van der Waals surface area contributed by atoms with Gasteiger partial charge < -0.3 is 4.90 Å². The summed E-state index contributed by atoms with van der Waals surface area (Å²) in [5.41, 5.74) is 2.02. The third kappa shape index (κ3) is 1.87. The van der Waals surface area contributed by atoms with Crippen molar-refractivity contribution >= 4 is 27.4 Å². The number of carbonyl (C=O) groups excluding carboxylic acids is 1. The average Bonchev–Trinajstić information content (AvgIpc) is 2.56. The fraction of sp³-hybridized carbons (Fsp3) is 0.500. The van der Waals surface area contributed by atoms with Gasteiger partial charge in [-0.2, -0.15) is 0 Å². The molecule has 2 nitrogen and oxygen atoms in total. The molecule has 0 amide bonds. The van der Waals surface area contributed by atoms with E-state index < -0.39 is 0 Å². The smallest absolute Gasteiger partial charge is 0.139 e. The highest BCUT2D eigenvalue weighted by Crippen LogP contribution is 2.40. The Labute approximate surface area is 114 Å². The van der Waals surface area contributed by atoms with Crippen molar-refractivity contribution in [3.63, 3.8) is 0 Å². The van der Waals surface area contributed by atoms with Crippen molar-refractivity contribution in [2.75, 3.05) is 4.90 Å². The quantitative estimate of drug-likeness (QED) is 0.790. The summed E-state index contributed by atoms with van der Waals surface area (Å²) in [4.78, 5) is 13.9. The van der Waals surface area contributed by atoms with E-state index in [0.29, 0.717) is 23.1 Å². The van der Waals surface area contributed by atoms with Gasteiger partial charge in [0.1, 0.15) is 11.6 Å². The van der Waals surface area contributed by atoms with Crippen molar-refractivity contribution < 1.29 is 9.18 Å². The molecular formula is C14H15BrFNO. The van der Waals surface area contributed by atoms with Crippen LogP contribution in [-0.4, -0.2) is 17.9 Å². The van der Waals surface area contributed by atoms with Gasteiger partial charge in [0.05, 0.1) is 4.47 Å². The summed E-state index contributed by atoms with van der Waals surface area (Å²) in [7, 11) is 0. The first-order chi connectivity index (χ1) is 8.56. The summed E-state index contributed by atoms with van der Waals surface area (Å²) in [5, 5.41) is 0. The van der Waals surface area contributed by atoms with E-state index in [4.69, 9.17) is 0 Å². The van der Waals surface area contributed by atoms with Crippen LogP contribution in [0.4, 0.5) is 10.1 Å². The van der Waals surface area contributed by atoms with Gasteiger partial charge in [0.15, 0.2) is 0 Å². The standard InChI is InChI=1S/C14H15BrFNO/c1-8-4-12(15)13(16)7-14(8)17-9-2-3-10(17)6-11(18)5-9/h4,7,9-10H,2-3,5-6H2,1H3. The Morgan fingerprint density at radius 3 is 2.50 bits per heavy atom. The monoisotopic (exact) mass is 311 g/mol. The van der Waals surface area contributed by atoms with E-state index in [1.165, 1.54) is 0 Å². The molecular weight excluding hydrogens is 297 g/mol. The van der Waals surface area contributed by atoms with Crippen molar-refractivity contribution in [3.05, 3.63) is 28.0 Å². The molecule has 1 aromatic carbocycles. The van der Waals surface area contributed by atoms with E-state index in [1.807, 2.05) is 13.0 Å². The zero-order valence-electron chi connectivity index (χ0n) is 10.2. The molecule has 2 aliphatic heterocycles. The van der Waals surface area contributed by atoms with Gasteiger partial charge >= 0.3 is 0 Å². The normalized spacial score (nSPS) is 26.8. The number of piperidine rings is 1. The highest BCUT2D eigenvalue weighted by Gasteiger charge is 2.40. The number of anilines is 1. The minimum atomic E-state index is -0.230. The van der Waals surface area contributed by atoms with E-state index in [-0.39, 0.29) is 17.9 Å². The van der Waals surface area contributed by atoms with Gasteiger partial charge in [-0.15, -0.1) is 0 Å². The molecule has 18 heavy (non-hydrogen) atoms. The maximum atomic E-state index is 13.7. The number of fused-ring (bicyclic) bond motifs is 2. The Bertz CT molecular complexity index is 501. The second kappa shape index (κ2) is 4.34. The molecule has 4 heteroatoms. The Morgan fingerprint density at radius 1 is 1.28 bits per heavy atom. The first kappa shape index (κ1) is 12.2. The first-order valence-electron chi connectivity index (χ1n) is 6.32. The van der Waals surface area contributed by atoms with Crippen LogP contribution in [0.1, 0.15) is 31.2 Å². The van der Waals surface area contributed by atoms with Crippen LogP contribution in [0, 0.1) is 12.7 Å². The van der Waals surface area contributed by atoms with E-state index in [0.717, 1.165) is 24.1 Å². The minimum Gasteiger partial charge on any atom is -0.364 e. The van der Waals surface area contributed by atoms with Gasteiger partial charge in [-0.1, -0.05) is 0 Å². The number of carbonyl (C=O) groups is 1. The Kier molecular flexibility index (Phi) is 2.93.